The summed E-state index contributed by atoms with van der Waals surface area (Å²) in [6.07, 6.45) is 1.40. The molecule has 3 aromatic rings. The number of nitrogens with one attached hydrogen (secondary N) is 1. The van der Waals surface area contributed by atoms with Crippen molar-refractivity contribution < 1.29 is 14.5 Å². The van der Waals surface area contributed by atoms with Crippen LogP contribution in [-0.2, 0) is 0 Å². The second-order valence-electron chi connectivity index (χ2n) is 6.05. The molecule has 0 aliphatic rings. The van der Waals surface area contributed by atoms with Crippen LogP contribution in [-0.4, -0.2) is 17.0 Å². The van der Waals surface area contributed by atoms with Crippen LogP contribution in [0.25, 0.3) is 0 Å². The minimum atomic E-state index is -0.590. The second kappa shape index (κ2) is 9.71. The molecule has 0 aliphatic heterocycles. The molecule has 31 heavy (non-hydrogen) atoms. The Kier molecular flexibility index (Phi) is 6.82. The number of nitro benzene ring substituents is 1. The summed E-state index contributed by atoms with van der Waals surface area (Å²) in [4.78, 5) is 22.4. The third-order valence-electron chi connectivity index (χ3n) is 3.94. The van der Waals surface area contributed by atoms with Gasteiger partial charge in [-0.15, -0.1) is 0 Å². The van der Waals surface area contributed by atoms with Crippen molar-refractivity contribution in [1.29, 1.82) is 5.26 Å². The summed E-state index contributed by atoms with van der Waals surface area (Å²) >= 11 is 11.8. The lowest BCUT2D eigenvalue weighted by molar-refractivity contribution is -0.384. The van der Waals surface area contributed by atoms with Gasteiger partial charge in [-0.2, -0.15) is 10.4 Å². The van der Waals surface area contributed by atoms with E-state index in [-0.39, 0.29) is 27.6 Å². The molecular weight excluding hydrogens is 443 g/mol. The molecule has 0 aliphatic carbocycles. The highest BCUT2D eigenvalue weighted by Crippen LogP contribution is 2.28. The maximum atomic E-state index is 12.2. The number of hydrogen-bond donors (Lipinski definition) is 1. The zero-order valence-electron chi connectivity index (χ0n) is 15.6. The molecule has 0 fully saturated rings. The summed E-state index contributed by atoms with van der Waals surface area (Å²) in [6, 6.07) is 16.8. The molecule has 1 N–H and O–H groups in total. The van der Waals surface area contributed by atoms with Gasteiger partial charge in [0.15, 0.2) is 0 Å². The number of halogens is 2. The lowest BCUT2D eigenvalue weighted by atomic mass is 10.2. The van der Waals surface area contributed by atoms with Crippen molar-refractivity contribution in [3.63, 3.8) is 0 Å². The van der Waals surface area contributed by atoms with Gasteiger partial charge in [0, 0.05) is 17.2 Å². The standard InChI is InChI=1S/C21H12Cl2N4O4/c22-15-4-6-18(19(23)10-15)21(28)26-25-12-13-2-1-3-17(8-13)31-20-7-5-16(27(29)30)9-14(20)11-24/h1-10,12H,(H,26,28)/b25-12-. The van der Waals surface area contributed by atoms with Gasteiger partial charge in [-0.05, 0) is 42.0 Å². The smallest absolute Gasteiger partial charge is 0.272 e. The monoisotopic (exact) mass is 454 g/mol. The molecule has 8 nitrogen and oxygen atoms in total. The van der Waals surface area contributed by atoms with Gasteiger partial charge in [0.25, 0.3) is 11.6 Å². The average molecular weight is 455 g/mol. The van der Waals surface area contributed by atoms with E-state index < -0.39 is 10.8 Å². The Hall–Kier alpha value is -3.93. The Balaban J connectivity index is 1.71. The lowest BCUT2D eigenvalue weighted by Crippen LogP contribution is -2.18. The van der Waals surface area contributed by atoms with Crippen LogP contribution in [0.5, 0.6) is 11.5 Å². The highest BCUT2D eigenvalue weighted by Gasteiger charge is 2.13. The van der Waals surface area contributed by atoms with E-state index in [1.54, 1.807) is 30.3 Å². The molecule has 0 aromatic heterocycles. The Morgan fingerprint density at radius 1 is 1.16 bits per heavy atom. The fraction of sp³-hybridized carbons (Fsp3) is 0. The number of hydrazone groups is 1. The van der Waals surface area contributed by atoms with Crippen LogP contribution in [0.3, 0.4) is 0 Å². The minimum absolute atomic E-state index is 0.0281. The number of nitrogens with zero attached hydrogens (tertiary/aromatic N) is 3. The van der Waals surface area contributed by atoms with Crippen LogP contribution in [0.4, 0.5) is 5.69 Å². The molecule has 3 rings (SSSR count). The number of amides is 1. The molecule has 3 aromatic carbocycles. The fourth-order valence-electron chi connectivity index (χ4n) is 2.49. The molecule has 10 heteroatoms. The molecule has 0 heterocycles. The number of non-ortho nitro benzene ring substituents is 1. The van der Waals surface area contributed by atoms with Crippen LogP contribution < -0.4 is 10.2 Å². The van der Waals surface area contributed by atoms with E-state index in [0.717, 1.165) is 6.07 Å². The Morgan fingerprint density at radius 3 is 2.68 bits per heavy atom. The quantitative estimate of drug-likeness (QED) is 0.306. The Morgan fingerprint density at radius 2 is 1.97 bits per heavy atom. The Labute approximate surface area is 186 Å². The molecule has 0 saturated carbocycles. The number of ether oxygens (including phenoxy) is 1. The topological polar surface area (TPSA) is 118 Å². The van der Waals surface area contributed by atoms with Gasteiger partial charge in [0.1, 0.15) is 23.1 Å². The number of hydrogen-bond acceptors (Lipinski definition) is 6. The van der Waals surface area contributed by atoms with E-state index in [4.69, 9.17) is 27.9 Å². The fourth-order valence-corrected chi connectivity index (χ4v) is 2.99. The molecule has 0 bridgehead atoms. The van der Waals surface area contributed by atoms with Crippen molar-refractivity contribution in [1.82, 2.24) is 5.43 Å². The zero-order chi connectivity index (χ0) is 22.4. The zero-order valence-corrected chi connectivity index (χ0v) is 17.1. The predicted octanol–water partition coefficient (Wildman–Crippen LogP) is 5.33. The maximum absolute atomic E-state index is 12.2. The number of rotatable bonds is 6. The van der Waals surface area contributed by atoms with E-state index in [1.165, 1.54) is 30.5 Å². The second-order valence-corrected chi connectivity index (χ2v) is 6.89. The maximum Gasteiger partial charge on any atom is 0.272 e. The average Bonchev–Trinajstić information content (AvgIpc) is 2.74. The first-order chi connectivity index (χ1) is 14.9. The number of nitriles is 1. The van der Waals surface area contributed by atoms with Crippen molar-refractivity contribution in [3.05, 3.63) is 97.5 Å². The molecule has 154 valence electrons. The minimum Gasteiger partial charge on any atom is -0.456 e. The summed E-state index contributed by atoms with van der Waals surface area (Å²) in [5.74, 6) is 0.0455. The van der Waals surface area contributed by atoms with E-state index in [9.17, 15) is 20.2 Å². The van der Waals surface area contributed by atoms with Gasteiger partial charge in [0.2, 0.25) is 0 Å². The molecule has 0 spiro atoms. The molecule has 0 saturated heterocycles. The van der Waals surface area contributed by atoms with Gasteiger partial charge in [-0.3, -0.25) is 14.9 Å². The van der Waals surface area contributed by atoms with Crippen molar-refractivity contribution in [2.45, 2.75) is 0 Å². The number of benzene rings is 3. The van der Waals surface area contributed by atoms with Crippen LogP contribution in [0.15, 0.2) is 65.8 Å². The van der Waals surface area contributed by atoms with Gasteiger partial charge in [-0.1, -0.05) is 35.3 Å². The molecular formula is C21H12Cl2N4O4. The van der Waals surface area contributed by atoms with Crippen LogP contribution in [0.1, 0.15) is 21.5 Å². The van der Waals surface area contributed by atoms with Crippen molar-refractivity contribution in [3.8, 4) is 17.6 Å². The molecule has 1 amide bonds. The summed E-state index contributed by atoms with van der Waals surface area (Å²) in [6.45, 7) is 0. The van der Waals surface area contributed by atoms with Crippen molar-refractivity contribution in [2.24, 2.45) is 5.10 Å². The third-order valence-corrected chi connectivity index (χ3v) is 4.48. The third kappa shape index (κ3) is 5.57. The van der Waals surface area contributed by atoms with E-state index >= 15 is 0 Å². The van der Waals surface area contributed by atoms with E-state index in [2.05, 4.69) is 10.5 Å². The number of carbonyl (C=O) groups is 1. The normalized spacial score (nSPS) is 10.5. The highest BCUT2D eigenvalue weighted by molar-refractivity contribution is 6.36. The molecule has 0 atom stereocenters. The van der Waals surface area contributed by atoms with Gasteiger partial charge in [0.05, 0.1) is 21.7 Å². The predicted molar refractivity (Wildman–Crippen MR) is 116 cm³/mol. The summed E-state index contributed by atoms with van der Waals surface area (Å²) in [5.41, 5.74) is 3.01. The summed E-state index contributed by atoms with van der Waals surface area (Å²) < 4.78 is 5.68. The van der Waals surface area contributed by atoms with E-state index in [1.807, 2.05) is 6.07 Å². The van der Waals surface area contributed by atoms with Crippen LogP contribution in [0, 0.1) is 21.4 Å². The largest absolute Gasteiger partial charge is 0.456 e. The highest BCUT2D eigenvalue weighted by atomic mass is 35.5. The SMILES string of the molecule is N#Cc1cc([N+](=O)[O-])ccc1Oc1cccc(/C=N\NC(=O)c2ccc(Cl)cc2Cl)c1. The van der Waals surface area contributed by atoms with Crippen LogP contribution >= 0.6 is 23.2 Å². The lowest BCUT2D eigenvalue weighted by Gasteiger charge is -2.08. The van der Waals surface area contributed by atoms with Gasteiger partial charge >= 0.3 is 0 Å². The van der Waals surface area contributed by atoms with Gasteiger partial charge < -0.3 is 4.74 Å². The number of nitro groups is 1. The van der Waals surface area contributed by atoms with Crippen LogP contribution in [0.2, 0.25) is 10.0 Å². The number of carbonyl (C=O) groups excluding carboxylic acids is 1. The summed E-state index contributed by atoms with van der Waals surface area (Å²) in [5, 5.41) is 24.6. The molecule has 0 radical (unpaired) electrons. The van der Waals surface area contributed by atoms with Crippen molar-refractivity contribution in [2.75, 3.05) is 0 Å². The molecule has 0 unspecified atom stereocenters. The Bertz CT molecular complexity index is 1240. The van der Waals surface area contributed by atoms with Crippen molar-refractivity contribution >= 4 is 41.0 Å². The van der Waals surface area contributed by atoms with Gasteiger partial charge in [-0.25, -0.2) is 5.43 Å². The first-order valence-corrected chi connectivity index (χ1v) is 9.38. The van der Waals surface area contributed by atoms with E-state index in [0.29, 0.717) is 16.3 Å². The first kappa shape index (κ1) is 21.8. The summed E-state index contributed by atoms with van der Waals surface area (Å²) in [7, 11) is 0. The first-order valence-electron chi connectivity index (χ1n) is 8.62.